The fraction of sp³-hybridized carbons (Fsp3) is 0.273. The topological polar surface area (TPSA) is 72.2 Å². The molecule has 0 radical (unpaired) electrons. The lowest BCUT2D eigenvalue weighted by Gasteiger charge is -2.14. The number of benzene rings is 1. The Bertz CT molecular complexity index is 535. The van der Waals surface area contributed by atoms with E-state index in [0.29, 0.717) is 5.69 Å². The van der Waals surface area contributed by atoms with Gasteiger partial charge in [-0.1, -0.05) is 12.1 Å². The van der Waals surface area contributed by atoms with Gasteiger partial charge in [-0.25, -0.2) is 8.42 Å². The van der Waals surface area contributed by atoms with Crippen molar-refractivity contribution in [2.45, 2.75) is 13.0 Å². The van der Waals surface area contributed by atoms with Crippen molar-refractivity contribution in [3.05, 3.63) is 35.2 Å². The predicted octanol–water partition coefficient (Wildman–Crippen LogP) is 1.30. The molecule has 3 N–H and O–H groups in total. The summed E-state index contributed by atoms with van der Waals surface area (Å²) in [5.41, 5.74) is 8.27. The van der Waals surface area contributed by atoms with Crippen LogP contribution >= 0.6 is 0 Å². The van der Waals surface area contributed by atoms with Crippen molar-refractivity contribution in [3.63, 3.8) is 0 Å². The second-order valence-corrected chi connectivity index (χ2v) is 5.91. The normalized spacial score (nSPS) is 22.2. The number of anilines is 2. The molecule has 86 valence electrons. The van der Waals surface area contributed by atoms with Crippen molar-refractivity contribution in [3.8, 4) is 0 Å². The van der Waals surface area contributed by atoms with Crippen molar-refractivity contribution in [2.24, 2.45) is 0 Å². The van der Waals surface area contributed by atoms with Crippen molar-refractivity contribution in [2.75, 3.05) is 16.8 Å². The van der Waals surface area contributed by atoms with Crippen molar-refractivity contribution < 1.29 is 8.42 Å². The van der Waals surface area contributed by atoms with E-state index in [0.717, 1.165) is 11.3 Å². The number of nitrogens with two attached hydrogens (primary N) is 1. The first kappa shape index (κ1) is 11.0. The number of nitrogen functional groups attached to an aromatic ring is 1. The fourth-order valence-electron chi connectivity index (χ4n) is 1.66. The zero-order valence-electron chi connectivity index (χ0n) is 8.97. The molecule has 4 nitrogen and oxygen atoms in total. The van der Waals surface area contributed by atoms with E-state index in [2.05, 4.69) is 5.32 Å². The van der Waals surface area contributed by atoms with Gasteiger partial charge < -0.3 is 11.1 Å². The SMILES string of the molecule is Cc1ccc(N)cc1NC1C=CS(=O)(=O)C1. The molecule has 0 saturated carbocycles. The van der Waals surface area contributed by atoms with Crippen LogP contribution in [0.2, 0.25) is 0 Å². The molecule has 0 spiro atoms. The van der Waals surface area contributed by atoms with Crippen LogP contribution in [0.3, 0.4) is 0 Å². The summed E-state index contributed by atoms with van der Waals surface area (Å²) in [6, 6.07) is 5.38. The first-order valence-electron chi connectivity index (χ1n) is 5.00. The molecule has 1 aliphatic rings. The maximum Gasteiger partial charge on any atom is 0.173 e. The van der Waals surface area contributed by atoms with E-state index in [1.165, 1.54) is 5.41 Å². The highest BCUT2D eigenvalue weighted by atomic mass is 32.2. The highest BCUT2D eigenvalue weighted by Gasteiger charge is 2.21. The standard InChI is InChI=1S/C11H14N2O2S/c1-8-2-3-9(12)6-11(8)13-10-4-5-16(14,15)7-10/h2-6,10,13H,7,12H2,1H3. The molecular formula is C11H14N2O2S. The summed E-state index contributed by atoms with van der Waals surface area (Å²) in [5, 5.41) is 4.42. The molecule has 1 heterocycles. The molecule has 0 saturated heterocycles. The summed E-state index contributed by atoms with van der Waals surface area (Å²) in [6.45, 7) is 1.95. The van der Waals surface area contributed by atoms with Crippen LogP contribution in [-0.4, -0.2) is 20.2 Å². The maximum absolute atomic E-state index is 11.2. The van der Waals surface area contributed by atoms with Gasteiger partial charge >= 0.3 is 0 Å². The van der Waals surface area contributed by atoms with Gasteiger partial charge in [-0.2, -0.15) is 0 Å². The summed E-state index contributed by atoms with van der Waals surface area (Å²) in [4.78, 5) is 0. The molecular weight excluding hydrogens is 224 g/mol. The van der Waals surface area contributed by atoms with Gasteiger partial charge in [0.25, 0.3) is 0 Å². The zero-order chi connectivity index (χ0) is 11.8. The first-order valence-corrected chi connectivity index (χ1v) is 6.71. The van der Waals surface area contributed by atoms with Gasteiger partial charge in [0.15, 0.2) is 9.84 Å². The van der Waals surface area contributed by atoms with Crippen LogP contribution in [0, 0.1) is 6.92 Å². The molecule has 1 aliphatic heterocycles. The van der Waals surface area contributed by atoms with E-state index in [1.54, 1.807) is 6.08 Å². The molecule has 0 amide bonds. The van der Waals surface area contributed by atoms with E-state index in [9.17, 15) is 8.42 Å². The van der Waals surface area contributed by atoms with E-state index in [4.69, 9.17) is 5.73 Å². The Kier molecular flexibility index (Phi) is 2.63. The fourth-order valence-corrected chi connectivity index (χ4v) is 2.90. The van der Waals surface area contributed by atoms with Gasteiger partial charge in [0.1, 0.15) is 0 Å². The maximum atomic E-state index is 11.2. The monoisotopic (exact) mass is 238 g/mol. The Balaban J connectivity index is 2.17. The molecule has 1 unspecified atom stereocenters. The predicted molar refractivity (Wildman–Crippen MR) is 65.9 cm³/mol. The average Bonchev–Trinajstić information content (AvgIpc) is 2.52. The van der Waals surface area contributed by atoms with Gasteiger partial charge in [0, 0.05) is 16.8 Å². The number of hydrogen-bond acceptors (Lipinski definition) is 4. The second kappa shape index (κ2) is 3.83. The van der Waals surface area contributed by atoms with Crippen LogP contribution < -0.4 is 11.1 Å². The average molecular weight is 238 g/mol. The summed E-state index contributed by atoms with van der Waals surface area (Å²) in [5.74, 6) is 0.112. The molecule has 0 bridgehead atoms. The Morgan fingerprint density at radius 2 is 2.19 bits per heavy atom. The first-order chi connectivity index (χ1) is 7.46. The molecule has 0 fully saturated rings. The highest BCUT2D eigenvalue weighted by Crippen LogP contribution is 2.21. The largest absolute Gasteiger partial charge is 0.399 e. The van der Waals surface area contributed by atoms with Crippen LogP contribution in [-0.2, 0) is 9.84 Å². The minimum absolute atomic E-state index is 0.112. The van der Waals surface area contributed by atoms with Crippen LogP contribution in [0.1, 0.15) is 5.56 Å². The van der Waals surface area contributed by atoms with Crippen molar-refractivity contribution in [1.29, 1.82) is 0 Å². The molecule has 2 rings (SSSR count). The Morgan fingerprint density at radius 3 is 2.81 bits per heavy atom. The highest BCUT2D eigenvalue weighted by molar-refractivity contribution is 7.94. The number of nitrogens with one attached hydrogen (secondary N) is 1. The van der Waals surface area contributed by atoms with Gasteiger partial charge in [-0.15, -0.1) is 0 Å². The van der Waals surface area contributed by atoms with Crippen LogP contribution in [0.25, 0.3) is 0 Å². The van der Waals surface area contributed by atoms with E-state index in [1.807, 2.05) is 25.1 Å². The Labute approximate surface area is 95.1 Å². The van der Waals surface area contributed by atoms with Crippen LogP contribution in [0.5, 0.6) is 0 Å². The van der Waals surface area contributed by atoms with E-state index >= 15 is 0 Å². The lowest BCUT2D eigenvalue weighted by molar-refractivity contribution is 0.605. The minimum Gasteiger partial charge on any atom is -0.399 e. The Hall–Kier alpha value is -1.49. The number of hydrogen-bond donors (Lipinski definition) is 2. The van der Waals surface area contributed by atoms with Gasteiger partial charge in [0.05, 0.1) is 11.8 Å². The molecule has 1 aromatic carbocycles. The lowest BCUT2D eigenvalue weighted by atomic mass is 10.1. The van der Waals surface area contributed by atoms with Gasteiger partial charge in [-0.05, 0) is 24.6 Å². The van der Waals surface area contributed by atoms with Crippen LogP contribution in [0.15, 0.2) is 29.7 Å². The minimum atomic E-state index is -3.01. The zero-order valence-corrected chi connectivity index (χ0v) is 9.79. The van der Waals surface area contributed by atoms with Gasteiger partial charge in [-0.3, -0.25) is 0 Å². The van der Waals surface area contributed by atoms with E-state index < -0.39 is 9.84 Å². The second-order valence-electron chi connectivity index (χ2n) is 3.98. The lowest BCUT2D eigenvalue weighted by Crippen LogP contribution is -2.21. The number of rotatable bonds is 2. The third kappa shape index (κ3) is 2.36. The molecule has 1 aromatic rings. The quantitative estimate of drug-likeness (QED) is 0.762. The van der Waals surface area contributed by atoms with Crippen LogP contribution in [0.4, 0.5) is 11.4 Å². The van der Waals surface area contributed by atoms with Crippen molar-refractivity contribution >= 4 is 21.2 Å². The third-order valence-corrected chi connectivity index (χ3v) is 3.93. The smallest absolute Gasteiger partial charge is 0.173 e. The summed E-state index contributed by atoms with van der Waals surface area (Å²) in [6.07, 6.45) is 1.66. The number of aryl methyl sites for hydroxylation is 1. The van der Waals surface area contributed by atoms with Gasteiger partial charge in [0.2, 0.25) is 0 Å². The van der Waals surface area contributed by atoms with E-state index in [-0.39, 0.29) is 11.8 Å². The molecule has 0 aliphatic carbocycles. The summed E-state index contributed by atoms with van der Waals surface area (Å²) >= 11 is 0. The Morgan fingerprint density at radius 1 is 1.44 bits per heavy atom. The molecule has 5 heteroatoms. The summed E-state index contributed by atoms with van der Waals surface area (Å²) in [7, 11) is -3.01. The van der Waals surface area contributed by atoms with Crippen molar-refractivity contribution in [1.82, 2.24) is 0 Å². The molecule has 16 heavy (non-hydrogen) atoms. The molecule has 0 aromatic heterocycles. The summed E-state index contributed by atoms with van der Waals surface area (Å²) < 4.78 is 22.5. The molecule has 1 atom stereocenters. The third-order valence-electron chi connectivity index (χ3n) is 2.53. The number of sulfone groups is 1.